The van der Waals surface area contributed by atoms with Gasteiger partial charge >= 0.3 is 0 Å². The maximum Gasteiger partial charge on any atom is 0.273 e. The van der Waals surface area contributed by atoms with E-state index in [1.807, 2.05) is 30.3 Å². The minimum absolute atomic E-state index is 0.0604. The molecule has 0 saturated carbocycles. The summed E-state index contributed by atoms with van der Waals surface area (Å²) in [6.07, 6.45) is 2.11. The first-order valence-electron chi connectivity index (χ1n) is 10.9. The summed E-state index contributed by atoms with van der Waals surface area (Å²) in [5.74, 6) is -0.487. The fourth-order valence-corrected chi connectivity index (χ4v) is 5.43. The summed E-state index contributed by atoms with van der Waals surface area (Å²) in [6.45, 7) is 1.25. The molecular formula is C24H26N4O4S. The normalized spacial score (nSPS) is 16.7. The van der Waals surface area contributed by atoms with Crippen LogP contribution in [0.5, 0.6) is 0 Å². The summed E-state index contributed by atoms with van der Waals surface area (Å²) >= 11 is 0. The summed E-state index contributed by atoms with van der Waals surface area (Å²) in [5.41, 5.74) is 0.350. The predicted octanol–water partition coefficient (Wildman–Crippen LogP) is 2.28. The molecule has 0 bridgehead atoms. The second-order valence-corrected chi connectivity index (χ2v) is 9.78. The topological polar surface area (TPSA) is 99.7 Å². The minimum atomic E-state index is -3.75. The van der Waals surface area contributed by atoms with Crippen LogP contribution in [0.1, 0.15) is 23.3 Å². The molecule has 0 aliphatic carbocycles. The van der Waals surface area contributed by atoms with Gasteiger partial charge in [0.1, 0.15) is 5.69 Å². The molecule has 1 aromatic heterocycles. The number of carbonyl (C=O) groups is 2. The largest absolute Gasteiger partial charge is 0.354 e. The smallest absolute Gasteiger partial charge is 0.273 e. The van der Waals surface area contributed by atoms with Crippen LogP contribution in [0, 0.1) is 0 Å². The number of nitrogens with zero attached hydrogens (tertiary/aromatic N) is 3. The van der Waals surface area contributed by atoms with E-state index >= 15 is 0 Å². The zero-order chi connectivity index (χ0) is 23.3. The Labute approximate surface area is 193 Å². The molecule has 1 fully saturated rings. The van der Waals surface area contributed by atoms with Crippen LogP contribution in [0.3, 0.4) is 0 Å². The van der Waals surface area contributed by atoms with E-state index in [0.29, 0.717) is 31.7 Å². The second kappa shape index (κ2) is 10.1. The molecule has 8 nitrogen and oxygen atoms in total. The van der Waals surface area contributed by atoms with Crippen molar-refractivity contribution in [1.29, 1.82) is 0 Å². The zero-order valence-corrected chi connectivity index (χ0v) is 19.0. The van der Waals surface area contributed by atoms with Gasteiger partial charge in [-0.15, -0.1) is 0 Å². The van der Waals surface area contributed by atoms with Gasteiger partial charge in [0, 0.05) is 50.7 Å². The lowest BCUT2D eigenvalue weighted by molar-refractivity contribution is -0.121. The number of carbonyl (C=O) groups excluding carboxylic acids is 2. The van der Waals surface area contributed by atoms with Crippen molar-refractivity contribution in [1.82, 2.24) is 19.5 Å². The van der Waals surface area contributed by atoms with Gasteiger partial charge in [-0.05, 0) is 30.0 Å². The highest BCUT2D eigenvalue weighted by atomic mass is 32.2. The summed E-state index contributed by atoms with van der Waals surface area (Å²) in [5, 5.41) is 4.47. The van der Waals surface area contributed by atoms with Crippen molar-refractivity contribution >= 4 is 32.6 Å². The minimum Gasteiger partial charge on any atom is -0.354 e. The molecular weight excluding hydrogens is 440 g/mol. The molecule has 0 radical (unpaired) electrons. The first-order chi connectivity index (χ1) is 16.0. The van der Waals surface area contributed by atoms with Crippen LogP contribution < -0.4 is 5.32 Å². The molecule has 1 aliphatic rings. The molecule has 2 amide bonds. The van der Waals surface area contributed by atoms with Crippen LogP contribution in [-0.2, 0) is 14.8 Å². The van der Waals surface area contributed by atoms with Crippen molar-refractivity contribution in [2.75, 3.05) is 32.7 Å². The molecule has 33 heavy (non-hydrogen) atoms. The van der Waals surface area contributed by atoms with E-state index in [9.17, 15) is 18.0 Å². The van der Waals surface area contributed by atoms with Crippen molar-refractivity contribution in [3.8, 4) is 0 Å². The van der Waals surface area contributed by atoms with E-state index in [4.69, 9.17) is 0 Å². The number of aromatic nitrogens is 1. The molecule has 1 aliphatic heterocycles. The van der Waals surface area contributed by atoms with Crippen molar-refractivity contribution in [2.24, 2.45) is 0 Å². The Morgan fingerprint density at radius 2 is 1.67 bits per heavy atom. The number of benzene rings is 2. The molecule has 172 valence electrons. The van der Waals surface area contributed by atoms with Crippen LogP contribution in [0.15, 0.2) is 71.8 Å². The Hall–Kier alpha value is -3.30. The standard InChI is InChI=1S/C24H26N4O4S/c29-22-12-17-28(33(31,32)20-8-2-1-3-9-20)16-6-15-27(18-14-25-22)24(30)23-21-10-5-4-7-19(21)11-13-26-23/h1-5,7-11,13H,6,12,14-18H2,(H,25,29). The highest BCUT2D eigenvalue weighted by Crippen LogP contribution is 2.19. The lowest BCUT2D eigenvalue weighted by Gasteiger charge is -2.25. The van der Waals surface area contributed by atoms with Gasteiger partial charge in [-0.1, -0.05) is 42.5 Å². The van der Waals surface area contributed by atoms with Crippen molar-refractivity contribution in [3.05, 3.63) is 72.6 Å². The third-order valence-corrected chi connectivity index (χ3v) is 7.58. The lowest BCUT2D eigenvalue weighted by Crippen LogP contribution is -2.39. The SMILES string of the molecule is O=C1CCN(S(=O)(=O)c2ccccc2)CCCN(C(=O)c2nccc3ccccc23)CCN1. The number of pyridine rings is 1. The molecule has 1 saturated heterocycles. The first-order valence-corrected chi connectivity index (χ1v) is 12.4. The quantitative estimate of drug-likeness (QED) is 0.638. The number of hydrogen-bond donors (Lipinski definition) is 1. The molecule has 9 heteroatoms. The highest BCUT2D eigenvalue weighted by molar-refractivity contribution is 7.89. The third kappa shape index (κ3) is 5.20. The molecule has 0 spiro atoms. The van der Waals surface area contributed by atoms with Crippen LogP contribution in [-0.4, -0.2) is 67.1 Å². The van der Waals surface area contributed by atoms with E-state index in [0.717, 1.165) is 10.8 Å². The van der Waals surface area contributed by atoms with E-state index in [1.54, 1.807) is 41.4 Å². The molecule has 0 atom stereocenters. The van der Waals surface area contributed by atoms with E-state index in [-0.39, 0.29) is 36.2 Å². The van der Waals surface area contributed by atoms with Crippen molar-refractivity contribution < 1.29 is 18.0 Å². The van der Waals surface area contributed by atoms with Crippen molar-refractivity contribution in [3.63, 3.8) is 0 Å². The van der Waals surface area contributed by atoms with Gasteiger partial charge < -0.3 is 10.2 Å². The summed E-state index contributed by atoms with van der Waals surface area (Å²) in [7, 11) is -3.75. The Bertz CT molecular complexity index is 1240. The highest BCUT2D eigenvalue weighted by Gasteiger charge is 2.26. The maximum atomic E-state index is 13.4. The molecule has 3 aromatic rings. The third-order valence-electron chi connectivity index (χ3n) is 5.67. The molecule has 4 rings (SSSR count). The van der Waals surface area contributed by atoms with E-state index in [1.165, 1.54) is 4.31 Å². The van der Waals surface area contributed by atoms with Gasteiger partial charge in [-0.25, -0.2) is 8.42 Å². The Balaban J connectivity index is 1.56. The summed E-state index contributed by atoms with van der Waals surface area (Å²) < 4.78 is 27.6. The Morgan fingerprint density at radius 1 is 0.909 bits per heavy atom. The predicted molar refractivity (Wildman–Crippen MR) is 125 cm³/mol. The summed E-state index contributed by atoms with van der Waals surface area (Å²) in [4.78, 5) is 31.8. The van der Waals surface area contributed by atoms with Crippen LogP contribution in [0.25, 0.3) is 10.8 Å². The molecule has 0 unspecified atom stereocenters. The van der Waals surface area contributed by atoms with Gasteiger partial charge in [0.05, 0.1) is 4.90 Å². The first kappa shape index (κ1) is 22.9. The number of hydrogen-bond acceptors (Lipinski definition) is 5. The number of rotatable bonds is 3. The van der Waals surface area contributed by atoms with Crippen LogP contribution in [0.4, 0.5) is 0 Å². The fraction of sp³-hybridized carbons (Fsp3) is 0.292. The van der Waals surface area contributed by atoms with Crippen LogP contribution in [0.2, 0.25) is 0 Å². The molecule has 2 heterocycles. The monoisotopic (exact) mass is 466 g/mol. The van der Waals surface area contributed by atoms with Gasteiger partial charge in [-0.2, -0.15) is 4.31 Å². The maximum absolute atomic E-state index is 13.4. The number of sulfonamides is 1. The number of nitrogens with one attached hydrogen (secondary N) is 1. The van der Waals surface area contributed by atoms with Gasteiger partial charge in [0.2, 0.25) is 15.9 Å². The summed E-state index contributed by atoms with van der Waals surface area (Å²) in [6, 6.07) is 17.6. The molecule has 1 N–H and O–H groups in total. The number of amides is 2. The average molecular weight is 467 g/mol. The van der Waals surface area contributed by atoms with Crippen molar-refractivity contribution in [2.45, 2.75) is 17.7 Å². The Morgan fingerprint density at radius 3 is 2.48 bits per heavy atom. The second-order valence-electron chi connectivity index (χ2n) is 7.84. The van der Waals surface area contributed by atoms with Gasteiger partial charge in [0.15, 0.2) is 0 Å². The van der Waals surface area contributed by atoms with Gasteiger partial charge in [0.25, 0.3) is 5.91 Å². The zero-order valence-electron chi connectivity index (χ0n) is 18.2. The molecule has 2 aromatic carbocycles. The Kier molecular flexibility index (Phi) is 7.00. The fourth-order valence-electron chi connectivity index (χ4n) is 3.93. The van der Waals surface area contributed by atoms with Gasteiger partial charge in [-0.3, -0.25) is 14.6 Å². The van der Waals surface area contributed by atoms with E-state index < -0.39 is 10.0 Å². The lowest BCUT2D eigenvalue weighted by atomic mass is 10.1. The van der Waals surface area contributed by atoms with Crippen LogP contribution >= 0.6 is 0 Å². The van der Waals surface area contributed by atoms with E-state index in [2.05, 4.69) is 10.3 Å². The average Bonchev–Trinajstić information content (AvgIpc) is 2.88. The number of fused-ring (bicyclic) bond motifs is 1.